The molecule has 0 aromatic carbocycles. The van der Waals surface area contributed by atoms with Crippen molar-refractivity contribution in [2.24, 2.45) is 32.5 Å². The fourth-order valence-corrected chi connectivity index (χ4v) is 7.05. The van der Waals surface area contributed by atoms with Crippen molar-refractivity contribution in [2.45, 2.75) is 125 Å². The third kappa shape index (κ3) is 18.0. The van der Waals surface area contributed by atoms with Crippen molar-refractivity contribution < 1.29 is 146 Å². The Kier molecular flexibility index (Phi) is 38.5. The zero-order valence-corrected chi connectivity index (χ0v) is 48.7. The topological polar surface area (TPSA) is 548 Å². The van der Waals surface area contributed by atoms with Gasteiger partial charge in [0, 0.05) is 0 Å². The second-order valence-electron chi connectivity index (χ2n) is 16.2. The molecule has 0 spiro atoms. The first-order valence-electron chi connectivity index (χ1n) is 21.1. The van der Waals surface area contributed by atoms with E-state index in [0.29, 0.717) is 0 Å². The maximum Gasteiger partial charge on any atom is 3.00 e. The molecule has 0 aliphatic heterocycles. The van der Waals surface area contributed by atoms with Crippen LogP contribution in [0.4, 0.5) is 0 Å². The third-order valence-corrected chi connectivity index (χ3v) is 11.3. The van der Waals surface area contributed by atoms with Crippen molar-refractivity contribution in [3.05, 3.63) is 0 Å². The molecule has 0 aromatic heterocycles. The van der Waals surface area contributed by atoms with Crippen molar-refractivity contribution >= 4 is 175 Å². The fraction of sp³-hybridized carbons (Fsp3) is 0.500. The number of Topliss-reactive ketones (excluding diaryl/α,β-unsaturated/α-hetero) is 18. The van der Waals surface area contributed by atoms with Gasteiger partial charge in [0.15, 0.2) is 137 Å². The van der Waals surface area contributed by atoms with Crippen molar-refractivity contribution in [3.8, 4) is 0 Å². The van der Waals surface area contributed by atoms with E-state index in [1.807, 2.05) is 0 Å². The molecule has 0 atom stereocenters. The van der Waals surface area contributed by atoms with Gasteiger partial charge in [-0.15, -0.1) is 0 Å². The third-order valence-electron chi connectivity index (χ3n) is 11.3. The minimum atomic E-state index is -2.61. The van der Waals surface area contributed by atoms with E-state index in [-0.39, 0.29) is 34.7 Å². The van der Waals surface area contributed by atoms with Gasteiger partial charge >= 0.3 is 34.7 Å². The van der Waals surface area contributed by atoms with E-state index in [0.717, 1.165) is 125 Å². The Bertz CT molecular complexity index is 1840. The molecule has 30 nitrogen and oxygen atoms in total. The van der Waals surface area contributed by atoms with Gasteiger partial charge in [0.25, 0.3) is 0 Å². The molecule has 432 valence electrons. The van der Waals surface area contributed by atoms with Crippen molar-refractivity contribution in [1.29, 1.82) is 0 Å². The van der Waals surface area contributed by atoms with Gasteiger partial charge in [-0.2, -0.15) is 0 Å². The second-order valence-corrected chi connectivity index (χ2v) is 16.2. The van der Waals surface area contributed by atoms with Crippen LogP contribution in [0.15, 0.2) is 0 Å². The van der Waals surface area contributed by atoms with Crippen LogP contribution in [0.2, 0.25) is 0 Å². The molecular weight excluding hydrogens is 1110 g/mol. The quantitative estimate of drug-likeness (QED) is 0.0640. The summed E-state index contributed by atoms with van der Waals surface area (Å²) in [6.07, 6.45) is 0. The van der Waals surface area contributed by atoms with Gasteiger partial charge in [0.05, 0.1) is 35.8 Å². The Morgan fingerprint density at radius 3 is 0.188 bits per heavy atom. The summed E-state index contributed by atoms with van der Waals surface area (Å²) in [6.45, 7) is 15.7. The summed E-state index contributed by atoms with van der Waals surface area (Å²) < 4.78 is 0. The molecule has 0 saturated carbocycles. The second kappa shape index (κ2) is 34.7. The molecule has 80 heavy (non-hydrogen) atoms. The summed E-state index contributed by atoms with van der Waals surface area (Å²) in [4.78, 5) is 260. The minimum absolute atomic E-state index is 0. The maximum absolute atomic E-state index is 10.9. The van der Waals surface area contributed by atoms with Crippen LogP contribution < -0.4 is 30.6 Å². The van der Waals surface area contributed by atoms with Crippen molar-refractivity contribution in [2.75, 3.05) is 0 Å². The molecule has 0 aliphatic rings. The Labute approximate surface area is 475 Å². The van der Waals surface area contributed by atoms with E-state index >= 15 is 0 Å². The smallest absolute Gasteiger partial charge is 0.548 e. The first kappa shape index (κ1) is 88.6. The zero-order chi connectivity index (χ0) is 64.9. The summed E-state index contributed by atoms with van der Waals surface area (Å²) in [6, 6.07) is 0. The number of hydrogen-bond donors (Lipinski definition) is 0. The van der Waals surface area contributed by atoms with Gasteiger partial charge in [-0.3, -0.25) is 86.3 Å². The molecule has 0 N–H and O–H groups in total. The number of carbonyl (C=O) groups is 24. The Balaban J connectivity index is -0.000000129. The van der Waals surface area contributed by atoms with Crippen LogP contribution in [-0.4, -0.2) is 175 Å². The Morgan fingerprint density at radius 2 is 0.188 bits per heavy atom. The summed E-state index contributed by atoms with van der Waals surface area (Å²) >= 11 is 0. The average Bonchev–Trinajstić information content (AvgIpc) is 3.16. The van der Waals surface area contributed by atoms with E-state index in [4.69, 9.17) is 0 Å². The molecule has 0 rings (SSSR count). The number of carbonyl (C=O) groups excluding carboxylic acids is 24. The summed E-state index contributed by atoms with van der Waals surface area (Å²) in [5.74, 6) is -30.1. The molecule has 0 heterocycles. The number of carboxylic acid groups (broad SMARTS) is 6. The predicted molar refractivity (Wildman–Crippen MR) is 248 cm³/mol. The summed E-state index contributed by atoms with van der Waals surface area (Å²) in [5.41, 5.74) is -15.7. The number of rotatable bonds is 24. The maximum atomic E-state index is 10.9. The Hall–Kier alpha value is -8.06. The fourth-order valence-electron chi connectivity index (χ4n) is 7.05. The van der Waals surface area contributed by atoms with Crippen LogP contribution in [-0.2, 0) is 115 Å². The summed E-state index contributed by atoms with van der Waals surface area (Å²) in [7, 11) is 0. The van der Waals surface area contributed by atoms with Gasteiger partial charge in [-0.05, 0) is 125 Å². The molecule has 0 aliphatic carbocycles. The van der Waals surface area contributed by atoms with E-state index < -0.39 is 172 Å². The van der Waals surface area contributed by atoms with E-state index in [9.17, 15) is 146 Å². The predicted octanol–water partition coefficient (Wildman–Crippen LogP) is -9.82. The van der Waals surface area contributed by atoms with Crippen molar-refractivity contribution in [1.82, 2.24) is 0 Å². The van der Waals surface area contributed by atoms with Crippen LogP contribution in [0.5, 0.6) is 0 Å². The molecule has 0 saturated heterocycles. The molecule has 0 bridgehead atoms. The normalized spacial score (nSPS) is 10.4. The number of ketones is 18. The number of carboxylic acids is 6. The van der Waals surface area contributed by atoms with Gasteiger partial charge in [0.1, 0.15) is 0 Å². The Morgan fingerprint density at radius 1 is 0.150 bits per heavy atom. The van der Waals surface area contributed by atoms with Crippen LogP contribution in [0, 0.1) is 32.5 Å². The first-order chi connectivity index (χ1) is 34.6. The standard InChI is InChI=1S/6C8H10O5.2Al/c6*1-4(9)8(5(2)10,6(3)11)7(12)13;;/h6*1-3H3,(H,12,13);;/q;;;;;;2*+3/p-6. The average molecular weight is 1160 g/mol. The summed E-state index contributed by atoms with van der Waals surface area (Å²) in [5, 5.41) is 63.4. The van der Waals surface area contributed by atoms with E-state index in [2.05, 4.69) is 0 Å². The van der Waals surface area contributed by atoms with Gasteiger partial charge in [-0.25, -0.2) is 0 Å². The van der Waals surface area contributed by atoms with Gasteiger partial charge in [0.2, 0.25) is 0 Å². The number of aliphatic carboxylic acids is 6. The number of hydrogen-bond acceptors (Lipinski definition) is 30. The molecule has 0 fully saturated rings. The monoisotopic (exact) mass is 1160 g/mol. The molecule has 0 amide bonds. The SMILES string of the molecule is CC(=O)C(C(C)=O)(C(C)=O)C(=O)[O-].CC(=O)C(C(C)=O)(C(C)=O)C(=O)[O-].CC(=O)C(C(C)=O)(C(C)=O)C(=O)[O-].CC(=O)C(C(C)=O)(C(C)=O)C(=O)[O-].CC(=O)C(C(C)=O)(C(C)=O)C(=O)[O-].CC(=O)C(C(C)=O)(C(C)=O)C(=O)[O-].[Al+3].[Al+3]. The van der Waals surface area contributed by atoms with E-state index in [1.165, 1.54) is 0 Å². The van der Waals surface area contributed by atoms with Crippen LogP contribution in [0.1, 0.15) is 125 Å². The van der Waals surface area contributed by atoms with Crippen LogP contribution >= 0.6 is 0 Å². The van der Waals surface area contributed by atoms with Gasteiger partial charge in [-0.1, -0.05) is 0 Å². The molecule has 0 unspecified atom stereocenters. The van der Waals surface area contributed by atoms with Crippen molar-refractivity contribution in [3.63, 3.8) is 0 Å². The zero-order valence-electron chi connectivity index (χ0n) is 46.4. The molecular formula is C48H54Al2O30. The molecule has 32 heteroatoms. The largest absolute Gasteiger partial charge is 3.00 e. The van der Waals surface area contributed by atoms with Gasteiger partial charge < -0.3 is 59.4 Å². The van der Waals surface area contributed by atoms with E-state index in [1.54, 1.807) is 0 Å². The first-order valence-corrected chi connectivity index (χ1v) is 21.1. The van der Waals surface area contributed by atoms with Crippen LogP contribution in [0.3, 0.4) is 0 Å². The minimum Gasteiger partial charge on any atom is -0.548 e. The van der Waals surface area contributed by atoms with Crippen LogP contribution in [0.25, 0.3) is 0 Å². The molecule has 0 aromatic rings. The molecule has 0 radical (unpaired) electrons.